The van der Waals surface area contributed by atoms with E-state index in [1.54, 1.807) is 24.5 Å². The molecule has 0 spiro atoms. The quantitative estimate of drug-likeness (QED) is 0.128. The van der Waals surface area contributed by atoms with Crippen molar-refractivity contribution in [1.29, 1.82) is 0 Å². The van der Waals surface area contributed by atoms with Gasteiger partial charge in [0, 0.05) is 35.4 Å². The van der Waals surface area contributed by atoms with Gasteiger partial charge in [-0.3, -0.25) is 0 Å². The molecule has 8 nitrogen and oxygen atoms in total. The second-order valence-electron chi connectivity index (χ2n) is 13.6. The second-order valence-corrected chi connectivity index (χ2v) is 13.6. The molecule has 6 aromatic carbocycles. The van der Waals surface area contributed by atoms with Crippen LogP contribution in [-0.4, -0.2) is 9.13 Å². The molecule has 0 fully saturated rings. The highest BCUT2D eigenvalue weighted by Gasteiger charge is 2.29. The van der Waals surface area contributed by atoms with Gasteiger partial charge in [0.2, 0.25) is 11.4 Å². The normalized spacial score (nSPS) is 11.6. The van der Waals surface area contributed by atoms with E-state index in [4.69, 9.17) is 0 Å². The van der Waals surface area contributed by atoms with E-state index >= 15 is 0 Å². The molecule has 0 atom stereocenters. The van der Waals surface area contributed by atoms with Gasteiger partial charge in [-0.25, -0.2) is 9.13 Å². The fraction of sp³-hybridized carbons (Fsp3) is 0.0435. The SMILES string of the molecule is [O-][n+]1ccccc1C[n+]1cn(-c2ccc3ccccc3c2-c2c(-n3c[n+](Cc4cccc[n+]4[O-])c4ccccc43)ccc3ccccc23)c2ccccc21. The predicted octanol–water partition coefficient (Wildman–Crippen LogP) is 7.49. The van der Waals surface area contributed by atoms with Crippen molar-refractivity contribution in [2.45, 2.75) is 13.1 Å². The van der Waals surface area contributed by atoms with Crippen molar-refractivity contribution in [2.24, 2.45) is 0 Å². The van der Waals surface area contributed by atoms with E-state index in [0.717, 1.165) is 75.6 Å². The smallest absolute Gasteiger partial charge is 0.250 e. The number of pyridine rings is 2. The van der Waals surface area contributed by atoms with Crippen molar-refractivity contribution < 1.29 is 18.6 Å². The fourth-order valence-corrected chi connectivity index (χ4v) is 7.95. The summed E-state index contributed by atoms with van der Waals surface area (Å²) in [5.74, 6) is 0. The van der Waals surface area contributed by atoms with Crippen LogP contribution in [0.1, 0.15) is 11.4 Å². The van der Waals surface area contributed by atoms with Gasteiger partial charge in [-0.15, -0.1) is 0 Å². The Balaban J connectivity index is 1.27. The van der Waals surface area contributed by atoms with Gasteiger partial charge in [0.05, 0.1) is 0 Å². The molecule has 0 amide bonds. The number of benzene rings is 6. The second kappa shape index (κ2) is 12.7. The maximum Gasteiger partial charge on any atom is 0.250 e. The van der Waals surface area contributed by atoms with Crippen molar-refractivity contribution in [3.05, 3.63) is 205 Å². The van der Waals surface area contributed by atoms with Crippen LogP contribution in [0.4, 0.5) is 0 Å². The Bertz CT molecular complexity index is 2850. The summed E-state index contributed by atoms with van der Waals surface area (Å²) >= 11 is 0. The fourth-order valence-electron chi connectivity index (χ4n) is 7.95. The first-order valence-electron chi connectivity index (χ1n) is 18.0. The molecule has 0 N–H and O–H groups in total. The third-order valence-electron chi connectivity index (χ3n) is 10.5. The number of fused-ring (bicyclic) bond motifs is 4. The van der Waals surface area contributed by atoms with E-state index < -0.39 is 0 Å². The molecule has 8 heteroatoms. The predicted molar refractivity (Wildman–Crippen MR) is 210 cm³/mol. The number of hydrogen-bond acceptors (Lipinski definition) is 2. The third-order valence-corrected chi connectivity index (χ3v) is 10.5. The van der Waals surface area contributed by atoms with Crippen molar-refractivity contribution in [2.75, 3.05) is 0 Å². The zero-order chi connectivity index (χ0) is 36.2. The van der Waals surface area contributed by atoms with E-state index in [9.17, 15) is 10.4 Å². The standard InChI is InChI=1S/C46H34N6O2/c53-51-27-11-9-15-35(51)29-47-31-49(41-21-7-5-19-39(41)47)43-25-23-33-13-1-3-17-37(33)45(43)46-38-18-4-2-14-34(38)24-26-44(46)50-32-48(40-20-6-8-22-42(40)50)30-36-16-10-12-28-52(36)54/h1-28,31-32H,29-30H2/q+2. The Morgan fingerprint density at radius 3 is 1.28 bits per heavy atom. The van der Waals surface area contributed by atoms with Gasteiger partial charge in [0.25, 0.3) is 12.7 Å². The molecule has 0 saturated carbocycles. The van der Waals surface area contributed by atoms with Gasteiger partial charge >= 0.3 is 0 Å². The van der Waals surface area contributed by atoms with E-state index in [2.05, 4.69) is 140 Å². The number of aromatic nitrogens is 6. The van der Waals surface area contributed by atoms with Gasteiger partial charge < -0.3 is 10.4 Å². The van der Waals surface area contributed by atoms with Crippen molar-refractivity contribution >= 4 is 43.6 Å². The van der Waals surface area contributed by atoms with Crippen molar-refractivity contribution in [1.82, 2.24) is 9.13 Å². The van der Waals surface area contributed by atoms with Crippen molar-refractivity contribution in [3.63, 3.8) is 0 Å². The Morgan fingerprint density at radius 2 is 0.815 bits per heavy atom. The molecule has 0 aliphatic rings. The zero-order valence-corrected chi connectivity index (χ0v) is 29.2. The molecule has 4 heterocycles. The average molecular weight is 703 g/mol. The Labute approximate surface area is 310 Å². The maximum atomic E-state index is 12.8. The summed E-state index contributed by atoms with van der Waals surface area (Å²) in [5, 5.41) is 30.1. The lowest BCUT2D eigenvalue weighted by atomic mass is 9.90. The van der Waals surface area contributed by atoms with Crippen LogP contribution in [0.15, 0.2) is 183 Å². The summed E-state index contributed by atoms with van der Waals surface area (Å²) in [6.07, 6.45) is 7.33. The molecule has 10 aromatic rings. The maximum absolute atomic E-state index is 12.8. The number of nitrogens with zero attached hydrogens (tertiary/aromatic N) is 6. The zero-order valence-electron chi connectivity index (χ0n) is 29.2. The molecule has 0 radical (unpaired) electrons. The van der Waals surface area contributed by atoms with E-state index in [1.807, 2.05) is 36.4 Å². The van der Waals surface area contributed by atoms with Gasteiger partial charge in [-0.1, -0.05) is 84.9 Å². The molecule has 258 valence electrons. The third kappa shape index (κ3) is 5.15. The number of rotatable bonds is 7. The number of para-hydroxylation sites is 4. The minimum atomic E-state index is 0.417. The number of imidazole rings is 2. The molecule has 0 aliphatic carbocycles. The first-order chi connectivity index (χ1) is 26.6. The molecule has 10 rings (SSSR count). The lowest BCUT2D eigenvalue weighted by molar-refractivity contribution is -0.700. The number of hydrogen-bond donors (Lipinski definition) is 0. The summed E-state index contributed by atoms with van der Waals surface area (Å²) in [5.41, 5.74) is 9.64. The minimum Gasteiger partial charge on any atom is -0.618 e. The first kappa shape index (κ1) is 31.4. The summed E-state index contributed by atoms with van der Waals surface area (Å²) in [6, 6.07) is 53.7. The van der Waals surface area contributed by atoms with Gasteiger partial charge in [-0.05, 0) is 70.1 Å². The van der Waals surface area contributed by atoms with E-state index in [1.165, 1.54) is 0 Å². The summed E-state index contributed by atoms with van der Waals surface area (Å²) < 4.78 is 10.7. The first-order valence-corrected chi connectivity index (χ1v) is 18.0. The highest BCUT2D eigenvalue weighted by molar-refractivity contribution is 6.11. The molecule has 54 heavy (non-hydrogen) atoms. The molecule has 0 bridgehead atoms. The molecule has 0 unspecified atom stereocenters. The monoisotopic (exact) mass is 702 g/mol. The van der Waals surface area contributed by atoms with Crippen molar-refractivity contribution in [3.8, 4) is 22.5 Å². The highest BCUT2D eigenvalue weighted by atomic mass is 16.5. The van der Waals surface area contributed by atoms with Crippen LogP contribution in [-0.2, 0) is 13.1 Å². The summed E-state index contributed by atoms with van der Waals surface area (Å²) in [7, 11) is 0. The van der Waals surface area contributed by atoms with Crippen LogP contribution in [0, 0.1) is 10.4 Å². The van der Waals surface area contributed by atoms with Crippen LogP contribution >= 0.6 is 0 Å². The topological polar surface area (TPSA) is 71.5 Å². The van der Waals surface area contributed by atoms with Crippen LogP contribution in [0.25, 0.3) is 66.1 Å². The minimum absolute atomic E-state index is 0.417. The summed E-state index contributed by atoms with van der Waals surface area (Å²) in [4.78, 5) is 0. The Morgan fingerprint density at radius 1 is 0.407 bits per heavy atom. The van der Waals surface area contributed by atoms with Crippen LogP contribution in [0.5, 0.6) is 0 Å². The molecule has 4 aromatic heterocycles. The highest BCUT2D eigenvalue weighted by Crippen LogP contribution is 2.43. The Hall–Kier alpha value is -7.32. The van der Waals surface area contributed by atoms with E-state index in [0.29, 0.717) is 24.5 Å². The molecule has 0 saturated heterocycles. The molecular weight excluding hydrogens is 669 g/mol. The molecule has 0 aliphatic heterocycles. The largest absolute Gasteiger partial charge is 0.618 e. The Kier molecular flexibility index (Phi) is 7.40. The van der Waals surface area contributed by atoms with E-state index in [-0.39, 0.29) is 0 Å². The molecular formula is C46H34N6O2+2. The van der Waals surface area contributed by atoms with Crippen LogP contribution in [0.3, 0.4) is 0 Å². The van der Waals surface area contributed by atoms with Crippen LogP contribution < -0.4 is 18.6 Å². The van der Waals surface area contributed by atoms with Crippen LogP contribution in [0.2, 0.25) is 0 Å². The summed E-state index contributed by atoms with van der Waals surface area (Å²) in [6.45, 7) is 0.834. The van der Waals surface area contributed by atoms with Gasteiger partial charge in [0.15, 0.2) is 47.6 Å². The lowest BCUT2D eigenvalue weighted by Gasteiger charge is -2.16. The van der Waals surface area contributed by atoms with Gasteiger partial charge in [-0.2, -0.15) is 18.6 Å². The average Bonchev–Trinajstić information content (AvgIpc) is 3.77. The van der Waals surface area contributed by atoms with Gasteiger partial charge in [0.1, 0.15) is 11.4 Å². The lowest BCUT2D eigenvalue weighted by Crippen LogP contribution is -2.41.